The number of carboxylic acid groups (broad SMARTS) is 2. The zero-order chi connectivity index (χ0) is 48.8. The number of hydrogen-bond acceptors (Lipinski definition) is 4. The van der Waals surface area contributed by atoms with E-state index in [0.717, 1.165) is 77.0 Å². The van der Waals surface area contributed by atoms with Crippen molar-refractivity contribution in [2.75, 3.05) is 0 Å². The Morgan fingerprint density at radius 3 is 0.569 bits per heavy atom. The number of carboxylic acids is 2. The zero-order valence-electron chi connectivity index (χ0n) is 46.1. The molecule has 0 aromatic rings. The van der Waals surface area contributed by atoms with Gasteiger partial charge < -0.3 is 19.8 Å². The van der Waals surface area contributed by atoms with Crippen LogP contribution in [0.15, 0.2) is 0 Å². The molecule has 4 nitrogen and oxygen atoms in total. The molecule has 0 saturated carbocycles. The van der Waals surface area contributed by atoms with Crippen LogP contribution in [0.25, 0.3) is 0 Å². The summed E-state index contributed by atoms with van der Waals surface area (Å²) in [6.45, 7) is 18.0. The molecule has 0 unspecified atom stereocenters. The van der Waals surface area contributed by atoms with Crippen LogP contribution in [0, 0.1) is 10.8 Å². The molecule has 388 valence electrons. The summed E-state index contributed by atoms with van der Waals surface area (Å²) in [5, 5.41) is 24.4. The van der Waals surface area contributed by atoms with Crippen LogP contribution in [0.1, 0.15) is 351 Å². The van der Waals surface area contributed by atoms with Crippen molar-refractivity contribution >= 4 is 33.1 Å². The fourth-order valence-corrected chi connectivity index (χ4v) is 13.7. The fraction of sp³-hybridized carbons (Fsp3) is 0.967. The van der Waals surface area contributed by atoms with Crippen molar-refractivity contribution in [1.82, 2.24) is 0 Å². The first kappa shape index (κ1) is 69.0. The van der Waals surface area contributed by atoms with Crippen LogP contribution in [0.5, 0.6) is 0 Å². The molecule has 0 rings (SSSR count). The molecule has 0 aliphatic carbocycles. The van der Waals surface area contributed by atoms with Crippen molar-refractivity contribution in [2.45, 2.75) is 360 Å². The van der Waals surface area contributed by atoms with E-state index in [1.807, 2.05) is 0 Å². The summed E-state index contributed by atoms with van der Waals surface area (Å²) in [5.74, 6) is -1.52. The van der Waals surface area contributed by atoms with Crippen LogP contribution >= 0.6 is 0 Å². The van der Waals surface area contributed by atoms with Crippen LogP contribution in [0.3, 0.4) is 0 Å². The summed E-state index contributed by atoms with van der Waals surface area (Å²) in [6.07, 6.45) is 55.0. The van der Waals surface area contributed by atoms with Crippen LogP contribution in [0.4, 0.5) is 0 Å². The van der Waals surface area contributed by atoms with Crippen molar-refractivity contribution in [1.29, 1.82) is 0 Å². The third-order valence-electron chi connectivity index (χ3n) is 14.3. The van der Waals surface area contributed by atoms with E-state index in [9.17, 15) is 19.8 Å². The Hall–Kier alpha value is -0.261. The number of carbonyl (C=O) groups excluding carboxylic acids is 2. The first-order valence-corrected chi connectivity index (χ1v) is 33.8. The Bertz CT molecular complexity index is 767. The summed E-state index contributed by atoms with van der Waals surface area (Å²) in [4.78, 5) is 24.4. The van der Waals surface area contributed by atoms with E-state index in [1.165, 1.54) is 218 Å². The number of aliphatic carboxylic acids is 2. The minimum atomic E-state index is -0.761. The summed E-state index contributed by atoms with van der Waals surface area (Å²) >= 11 is 0.149. The number of carbonyl (C=O) groups is 2. The molecule has 5 heteroatoms. The molecule has 0 saturated heterocycles. The zero-order valence-corrected chi connectivity index (χ0v) is 48.9. The molecule has 65 heavy (non-hydrogen) atoms. The Kier molecular flexibility index (Phi) is 59.8. The number of unbranched alkanes of at least 4 members (excludes halogenated alkanes) is 32. The van der Waals surface area contributed by atoms with Crippen LogP contribution in [-0.4, -0.2) is 33.1 Å². The molecule has 0 atom stereocenters. The maximum atomic E-state index is 12.2. The van der Waals surface area contributed by atoms with Crippen LogP contribution < -0.4 is 10.2 Å². The average molecular weight is 1020 g/mol. The quantitative estimate of drug-likeness (QED) is 0.0449. The standard InChI is InChI=1S/2C26H52O2.2C4H9.Sn/c2*1-4-7-10-13-16-19-22-26(25(27)28,23-20-17-14-11-8-5-2)24-21-18-15-12-9-6-3;2*1-3-4-2;/h2*4-24H2,1-3H3,(H,27,28);2*1,3-4H2,2H3;/q;;;;+2/p-2. The van der Waals surface area contributed by atoms with Gasteiger partial charge in [0.05, 0.1) is 0 Å². The first-order chi connectivity index (χ1) is 31.7. The summed E-state index contributed by atoms with van der Waals surface area (Å²) in [7, 11) is 0. The SMILES string of the molecule is CCCCCCCCC(CCCCCCCC)(CCCCCCCC)C(=O)[O-].CCCCCCCCC(CCCCCCCC)(CCCCCCCC)C(=O)[O-].CCC[CH2][Sn+2][CH2]CCC. The number of rotatable bonds is 50. The number of hydrogen-bond donors (Lipinski definition) is 0. The van der Waals surface area contributed by atoms with E-state index < -0.39 is 22.8 Å². The molecule has 0 aromatic heterocycles. The second-order valence-corrected chi connectivity index (χ2v) is 25.0. The van der Waals surface area contributed by atoms with Gasteiger partial charge >= 0.3 is 69.5 Å². The van der Waals surface area contributed by atoms with Gasteiger partial charge in [-0.3, -0.25) is 0 Å². The van der Waals surface area contributed by atoms with Gasteiger partial charge in [0.1, 0.15) is 0 Å². The predicted molar refractivity (Wildman–Crippen MR) is 288 cm³/mol. The minimum absolute atomic E-state index is 0.149. The Morgan fingerprint density at radius 1 is 0.262 bits per heavy atom. The van der Waals surface area contributed by atoms with E-state index in [4.69, 9.17) is 0 Å². The third kappa shape index (κ3) is 47.2. The average Bonchev–Trinajstić information content (AvgIpc) is 3.30. The van der Waals surface area contributed by atoms with Gasteiger partial charge in [0.25, 0.3) is 0 Å². The molecule has 0 aliphatic heterocycles. The molecular weight excluding hydrogens is 903 g/mol. The summed E-state index contributed by atoms with van der Waals surface area (Å²) in [6, 6.07) is 0. The fourth-order valence-electron chi connectivity index (χ4n) is 9.55. The molecule has 0 amide bonds. The maximum absolute atomic E-state index is 12.2. The molecule has 0 N–H and O–H groups in total. The summed E-state index contributed by atoms with van der Waals surface area (Å²) < 4.78 is 3.25. The molecular formula is C60H120O4Sn. The molecule has 0 spiro atoms. The van der Waals surface area contributed by atoms with Gasteiger partial charge in [-0.2, -0.15) is 0 Å². The van der Waals surface area contributed by atoms with E-state index >= 15 is 0 Å². The van der Waals surface area contributed by atoms with E-state index in [2.05, 4.69) is 55.4 Å². The van der Waals surface area contributed by atoms with Gasteiger partial charge in [0.15, 0.2) is 0 Å². The molecule has 0 fully saturated rings. The first-order valence-electron chi connectivity index (χ1n) is 29.8. The van der Waals surface area contributed by atoms with Crippen molar-refractivity contribution in [2.24, 2.45) is 10.8 Å². The van der Waals surface area contributed by atoms with E-state index in [-0.39, 0.29) is 21.1 Å². The molecule has 0 aromatic carbocycles. The second kappa shape index (κ2) is 56.3. The summed E-state index contributed by atoms with van der Waals surface area (Å²) in [5.41, 5.74) is -1.11. The monoisotopic (exact) mass is 1020 g/mol. The van der Waals surface area contributed by atoms with Crippen molar-refractivity contribution in [3.05, 3.63) is 0 Å². The topological polar surface area (TPSA) is 80.3 Å². The van der Waals surface area contributed by atoms with E-state index in [0.29, 0.717) is 0 Å². The van der Waals surface area contributed by atoms with E-state index in [1.54, 1.807) is 8.87 Å². The van der Waals surface area contributed by atoms with Crippen LogP contribution in [-0.2, 0) is 9.59 Å². The van der Waals surface area contributed by atoms with Gasteiger partial charge in [0.2, 0.25) is 0 Å². The third-order valence-corrected chi connectivity index (χ3v) is 18.4. The Balaban J connectivity index is -0.000000993. The van der Waals surface area contributed by atoms with Gasteiger partial charge in [0, 0.05) is 22.8 Å². The van der Waals surface area contributed by atoms with Crippen molar-refractivity contribution in [3.8, 4) is 0 Å². The van der Waals surface area contributed by atoms with Gasteiger partial charge in [-0.1, -0.05) is 273 Å². The van der Waals surface area contributed by atoms with Gasteiger partial charge in [-0.05, 0) is 38.5 Å². The second-order valence-electron chi connectivity index (χ2n) is 20.7. The molecule has 0 heterocycles. The predicted octanol–water partition coefficient (Wildman–Crippen LogP) is 19.1. The van der Waals surface area contributed by atoms with Crippen molar-refractivity contribution in [3.63, 3.8) is 0 Å². The van der Waals surface area contributed by atoms with Crippen molar-refractivity contribution < 1.29 is 19.8 Å². The normalized spacial score (nSPS) is 11.4. The molecule has 0 bridgehead atoms. The Morgan fingerprint density at radius 2 is 0.415 bits per heavy atom. The van der Waals surface area contributed by atoms with Gasteiger partial charge in [-0.25, -0.2) is 0 Å². The molecule has 0 radical (unpaired) electrons. The van der Waals surface area contributed by atoms with Gasteiger partial charge in [-0.15, -0.1) is 0 Å². The molecule has 0 aliphatic rings. The van der Waals surface area contributed by atoms with Crippen LogP contribution in [0.2, 0.25) is 8.87 Å². The Labute approximate surface area is 421 Å².